The fourth-order valence-corrected chi connectivity index (χ4v) is 3.54. The highest BCUT2D eigenvalue weighted by atomic mass is 33.1. The molecule has 0 nitrogen and oxygen atoms in total. The molecule has 2 rings (SSSR count). The Morgan fingerprint density at radius 1 is 0.600 bits per heavy atom. The highest BCUT2D eigenvalue weighted by molar-refractivity contribution is 8.76. The van der Waals surface area contributed by atoms with Crippen molar-refractivity contribution >= 4 is 21.6 Å². The predicted molar refractivity (Wildman–Crippen MR) is 73.9 cm³/mol. The maximum Gasteiger partial charge on any atom is 0.173 e. The Kier molecular flexibility index (Phi) is 4.65. The molecule has 6 heteroatoms. The van der Waals surface area contributed by atoms with Gasteiger partial charge >= 0.3 is 0 Å². The summed E-state index contributed by atoms with van der Waals surface area (Å²) < 4.78 is 54.0. The minimum atomic E-state index is -0.976. The second-order valence-electron chi connectivity index (χ2n) is 4.18. The quantitative estimate of drug-likeness (QED) is 0.529. The van der Waals surface area contributed by atoms with Crippen LogP contribution in [0.5, 0.6) is 0 Å². The molecular weight excluding hydrogens is 308 g/mol. The van der Waals surface area contributed by atoms with Crippen molar-refractivity contribution < 1.29 is 17.6 Å². The van der Waals surface area contributed by atoms with Gasteiger partial charge in [0.05, 0.1) is 9.79 Å². The van der Waals surface area contributed by atoms with E-state index in [9.17, 15) is 17.6 Å². The van der Waals surface area contributed by atoms with Crippen LogP contribution in [0.1, 0.15) is 11.1 Å². The van der Waals surface area contributed by atoms with Crippen LogP contribution in [0.2, 0.25) is 0 Å². The number of rotatable bonds is 3. The zero-order valence-corrected chi connectivity index (χ0v) is 12.3. The van der Waals surface area contributed by atoms with Crippen molar-refractivity contribution in [1.29, 1.82) is 0 Å². The van der Waals surface area contributed by atoms with Crippen molar-refractivity contribution in [3.05, 3.63) is 58.7 Å². The molecule has 0 aliphatic rings. The lowest BCUT2D eigenvalue weighted by Crippen LogP contribution is -1.92. The van der Waals surface area contributed by atoms with Crippen molar-refractivity contribution in [1.82, 2.24) is 0 Å². The topological polar surface area (TPSA) is 0 Å². The molecule has 0 amide bonds. The first-order valence-corrected chi connectivity index (χ1v) is 7.80. The smallest absolute Gasteiger partial charge is 0.173 e. The van der Waals surface area contributed by atoms with E-state index in [1.807, 2.05) is 0 Å². The lowest BCUT2D eigenvalue weighted by atomic mass is 10.2. The SMILES string of the molecule is Cc1ccc(SSc2ccc(C)c(F)c2F)c(F)c1F. The molecule has 0 fully saturated rings. The van der Waals surface area contributed by atoms with E-state index in [1.54, 1.807) is 0 Å². The van der Waals surface area contributed by atoms with Crippen LogP contribution in [-0.4, -0.2) is 0 Å². The van der Waals surface area contributed by atoms with E-state index in [2.05, 4.69) is 0 Å². The highest BCUT2D eigenvalue weighted by Gasteiger charge is 2.15. The molecule has 20 heavy (non-hydrogen) atoms. The molecule has 0 atom stereocenters. The normalized spacial score (nSPS) is 10.9. The standard InChI is InChI=1S/C14H10F4S2/c1-7-3-5-9(13(17)11(7)15)19-20-10-6-4-8(2)12(16)14(10)18/h3-6H,1-2H3. The molecule has 0 radical (unpaired) electrons. The number of hydrogen-bond acceptors (Lipinski definition) is 2. The van der Waals surface area contributed by atoms with E-state index in [1.165, 1.54) is 38.1 Å². The van der Waals surface area contributed by atoms with Crippen LogP contribution in [0, 0.1) is 37.1 Å². The summed E-state index contributed by atoms with van der Waals surface area (Å²) in [5.74, 6) is -3.80. The van der Waals surface area contributed by atoms with Crippen LogP contribution in [0.4, 0.5) is 17.6 Å². The Bertz CT molecular complexity index is 599. The largest absolute Gasteiger partial charge is 0.203 e. The summed E-state index contributed by atoms with van der Waals surface area (Å²) in [5.41, 5.74) is 0.397. The van der Waals surface area contributed by atoms with Crippen molar-refractivity contribution in [2.75, 3.05) is 0 Å². The van der Waals surface area contributed by atoms with Gasteiger partial charge in [0.2, 0.25) is 0 Å². The van der Waals surface area contributed by atoms with Crippen LogP contribution in [0.3, 0.4) is 0 Å². The molecule has 0 aromatic heterocycles. The van der Waals surface area contributed by atoms with Crippen LogP contribution < -0.4 is 0 Å². The van der Waals surface area contributed by atoms with E-state index >= 15 is 0 Å². The molecule has 2 aromatic carbocycles. The molecule has 0 unspecified atom stereocenters. The van der Waals surface area contributed by atoms with Crippen LogP contribution in [0.25, 0.3) is 0 Å². The van der Waals surface area contributed by atoms with E-state index < -0.39 is 23.3 Å². The minimum Gasteiger partial charge on any atom is -0.203 e. The van der Waals surface area contributed by atoms with Gasteiger partial charge in [-0.1, -0.05) is 12.1 Å². The Hall–Kier alpha value is -1.14. The third-order valence-corrected chi connectivity index (χ3v) is 5.10. The summed E-state index contributed by atoms with van der Waals surface area (Å²) in [5, 5.41) is 0. The molecule has 0 saturated heterocycles. The molecule has 0 N–H and O–H groups in total. The highest BCUT2D eigenvalue weighted by Crippen LogP contribution is 2.41. The van der Waals surface area contributed by atoms with Gasteiger partial charge in [-0.2, -0.15) is 0 Å². The van der Waals surface area contributed by atoms with Crippen molar-refractivity contribution in [2.24, 2.45) is 0 Å². The van der Waals surface area contributed by atoms with Gasteiger partial charge in [0, 0.05) is 0 Å². The molecule has 106 valence electrons. The fraction of sp³-hybridized carbons (Fsp3) is 0.143. The molecule has 0 heterocycles. The summed E-state index contributed by atoms with van der Waals surface area (Å²) in [7, 11) is 1.69. The van der Waals surface area contributed by atoms with E-state index in [0.717, 1.165) is 21.6 Å². The predicted octanol–water partition coefficient (Wildman–Crippen LogP) is 5.66. The van der Waals surface area contributed by atoms with Gasteiger partial charge in [-0.25, -0.2) is 17.6 Å². The number of halogens is 4. The lowest BCUT2D eigenvalue weighted by molar-refractivity contribution is 0.486. The van der Waals surface area contributed by atoms with Gasteiger partial charge in [0.25, 0.3) is 0 Å². The first-order valence-electron chi connectivity index (χ1n) is 5.65. The summed E-state index contributed by atoms with van der Waals surface area (Å²) in [6, 6.07) is 5.70. The van der Waals surface area contributed by atoms with Gasteiger partial charge in [-0.15, -0.1) is 0 Å². The first-order chi connectivity index (χ1) is 9.41. The average Bonchev–Trinajstić information content (AvgIpc) is 2.43. The molecule has 0 aliphatic heterocycles. The Labute approximate surface area is 122 Å². The van der Waals surface area contributed by atoms with Crippen molar-refractivity contribution in [3.63, 3.8) is 0 Å². The van der Waals surface area contributed by atoms with Crippen molar-refractivity contribution in [2.45, 2.75) is 23.6 Å². The molecule has 0 saturated carbocycles. The minimum absolute atomic E-state index is 0.0403. The van der Waals surface area contributed by atoms with Gasteiger partial charge in [0.15, 0.2) is 23.3 Å². The summed E-state index contributed by atoms with van der Waals surface area (Å²) >= 11 is 0. The third kappa shape index (κ3) is 2.96. The van der Waals surface area contributed by atoms with E-state index in [-0.39, 0.29) is 20.9 Å². The molecule has 0 aliphatic carbocycles. The monoisotopic (exact) mass is 318 g/mol. The lowest BCUT2D eigenvalue weighted by Gasteiger charge is -2.07. The maximum atomic E-state index is 13.6. The van der Waals surface area contributed by atoms with Crippen LogP contribution in [0.15, 0.2) is 34.1 Å². The summed E-state index contributed by atoms with van der Waals surface area (Å²) in [6.45, 7) is 2.91. The zero-order valence-electron chi connectivity index (χ0n) is 10.6. The third-order valence-electron chi connectivity index (χ3n) is 2.70. The Balaban J connectivity index is 2.22. The second-order valence-corrected chi connectivity index (χ2v) is 6.40. The molecule has 2 aromatic rings. The number of hydrogen-bond donors (Lipinski definition) is 0. The van der Waals surface area contributed by atoms with Gasteiger partial charge in [-0.05, 0) is 58.7 Å². The summed E-state index contributed by atoms with van der Waals surface area (Å²) in [4.78, 5) is 0.0805. The van der Waals surface area contributed by atoms with Crippen LogP contribution >= 0.6 is 21.6 Å². The zero-order chi connectivity index (χ0) is 14.9. The van der Waals surface area contributed by atoms with Gasteiger partial charge < -0.3 is 0 Å². The molecule has 0 bridgehead atoms. The van der Waals surface area contributed by atoms with E-state index in [0.29, 0.717) is 0 Å². The second kappa shape index (κ2) is 6.10. The van der Waals surface area contributed by atoms with E-state index in [4.69, 9.17) is 0 Å². The van der Waals surface area contributed by atoms with Gasteiger partial charge in [0.1, 0.15) is 0 Å². The maximum absolute atomic E-state index is 13.6. The number of aryl methyl sites for hydroxylation is 2. The Morgan fingerprint density at radius 2 is 0.950 bits per heavy atom. The summed E-state index contributed by atoms with van der Waals surface area (Å²) in [6.07, 6.45) is 0. The average molecular weight is 318 g/mol. The molecule has 0 spiro atoms. The number of benzene rings is 2. The van der Waals surface area contributed by atoms with Gasteiger partial charge in [-0.3, -0.25) is 0 Å². The first kappa shape index (κ1) is 15.3. The molecular formula is C14H10F4S2. The Morgan fingerprint density at radius 3 is 1.30 bits per heavy atom. The van der Waals surface area contributed by atoms with Crippen molar-refractivity contribution in [3.8, 4) is 0 Å². The fourth-order valence-electron chi connectivity index (χ4n) is 1.48. The van der Waals surface area contributed by atoms with Crippen LogP contribution in [-0.2, 0) is 0 Å².